The maximum absolute atomic E-state index is 12.8. The Morgan fingerprint density at radius 3 is 1.34 bits per heavy atom. The quantitative estimate of drug-likeness (QED) is 0.0243. The molecule has 1 amide bonds. The van der Waals surface area contributed by atoms with Crippen LogP contribution in [0.4, 0.5) is 0 Å². The molecule has 0 aromatic carbocycles. The highest BCUT2D eigenvalue weighted by atomic mass is 31.2. The third-order valence-electron chi connectivity index (χ3n) is 11.9. The third kappa shape index (κ3) is 46.7. The zero-order valence-electron chi connectivity index (χ0n) is 41.6. The van der Waals surface area contributed by atoms with Crippen LogP contribution in [0.1, 0.15) is 245 Å². The Morgan fingerprint density at radius 1 is 0.548 bits per heavy atom. The number of aliphatic hydroxyl groups excluding tert-OH is 1. The molecule has 0 saturated carbocycles. The minimum atomic E-state index is -4.30. The van der Waals surface area contributed by atoms with E-state index in [2.05, 4.69) is 55.6 Å². The molecule has 0 saturated heterocycles. The van der Waals surface area contributed by atoms with Crippen molar-refractivity contribution >= 4 is 13.7 Å². The molecular formula is C53H104N2O6P+. The van der Waals surface area contributed by atoms with Gasteiger partial charge in [0.25, 0.3) is 0 Å². The van der Waals surface area contributed by atoms with E-state index < -0.39 is 20.0 Å². The molecule has 3 atom stereocenters. The van der Waals surface area contributed by atoms with Gasteiger partial charge in [-0.05, 0) is 51.4 Å². The highest BCUT2D eigenvalue weighted by Gasteiger charge is 2.28. The summed E-state index contributed by atoms with van der Waals surface area (Å²) in [5, 5.41) is 13.8. The Morgan fingerprint density at radius 2 is 0.919 bits per heavy atom. The number of nitrogens with one attached hydrogen (secondary N) is 1. The van der Waals surface area contributed by atoms with Crippen LogP contribution in [-0.4, -0.2) is 73.4 Å². The summed E-state index contributed by atoms with van der Waals surface area (Å²) in [4.78, 5) is 23.0. The van der Waals surface area contributed by atoms with E-state index in [4.69, 9.17) is 9.05 Å². The Kier molecular flexibility index (Phi) is 44.0. The van der Waals surface area contributed by atoms with Crippen LogP contribution in [-0.2, 0) is 18.4 Å². The molecule has 0 aromatic heterocycles. The normalized spacial score (nSPS) is 14.4. The van der Waals surface area contributed by atoms with Gasteiger partial charge in [-0.2, -0.15) is 0 Å². The van der Waals surface area contributed by atoms with Gasteiger partial charge in [-0.3, -0.25) is 13.8 Å². The summed E-state index contributed by atoms with van der Waals surface area (Å²) in [6.45, 7) is 4.79. The number of quaternary nitrogens is 1. The van der Waals surface area contributed by atoms with E-state index >= 15 is 0 Å². The second-order valence-electron chi connectivity index (χ2n) is 19.3. The molecule has 0 aliphatic carbocycles. The summed E-state index contributed by atoms with van der Waals surface area (Å²) in [7, 11) is 1.62. The first-order valence-electron chi connectivity index (χ1n) is 26.4. The standard InChI is InChI=1S/C53H103N2O6P/c1-6-8-10-12-13-14-15-16-17-18-19-20-21-22-23-24-25-26-27-28-29-30-31-32-33-34-35-36-37-38-39-40-41-43-45-47-53(57)54-51(52(56)46-44-42-11-9-7-2)50-61-62(58,59)60-49-48-55(3,4)5/h15-16,18-19,21-22,51-52,56H,6-14,17,20,23-50H2,1-5H3,(H-,54,57,58,59)/p+1/b16-15-,19-18-,22-21-. The van der Waals surface area contributed by atoms with Crippen molar-refractivity contribution in [3.8, 4) is 0 Å². The van der Waals surface area contributed by atoms with Crippen LogP contribution < -0.4 is 5.32 Å². The lowest BCUT2D eigenvalue weighted by Crippen LogP contribution is -2.46. The lowest BCUT2D eigenvalue weighted by molar-refractivity contribution is -0.870. The lowest BCUT2D eigenvalue weighted by atomic mass is 10.0. The van der Waals surface area contributed by atoms with Gasteiger partial charge in [-0.1, -0.05) is 224 Å². The van der Waals surface area contributed by atoms with E-state index in [0.717, 1.165) is 64.2 Å². The summed E-state index contributed by atoms with van der Waals surface area (Å²) in [6, 6.07) is -0.754. The van der Waals surface area contributed by atoms with Gasteiger partial charge in [0.2, 0.25) is 5.91 Å². The molecule has 62 heavy (non-hydrogen) atoms. The minimum Gasteiger partial charge on any atom is -0.391 e. The van der Waals surface area contributed by atoms with E-state index in [1.807, 2.05) is 21.1 Å². The largest absolute Gasteiger partial charge is 0.472 e. The minimum absolute atomic E-state index is 0.0749. The Bertz CT molecular complexity index is 1110. The van der Waals surface area contributed by atoms with Crippen molar-refractivity contribution in [3.63, 3.8) is 0 Å². The number of unbranched alkanes of at least 4 members (excludes halogenated alkanes) is 29. The number of phosphoric acid groups is 1. The smallest absolute Gasteiger partial charge is 0.391 e. The zero-order valence-corrected chi connectivity index (χ0v) is 42.5. The number of aliphatic hydroxyl groups is 1. The molecule has 0 aromatic rings. The average molecular weight is 896 g/mol. The van der Waals surface area contributed by atoms with Gasteiger partial charge in [0.05, 0.1) is 39.9 Å². The van der Waals surface area contributed by atoms with E-state index in [1.165, 1.54) is 154 Å². The van der Waals surface area contributed by atoms with Crippen LogP contribution in [0.3, 0.4) is 0 Å². The molecule has 0 spiro atoms. The first kappa shape index (κ1) is 60.7. The molecule has 9 heteroatoms. The third-order valence-corrected chi connectivity index (χ3v) is 12.9. The molecule has 0 radical (unpaired) electrons. The monoisotopic (exact) mass is 896 g/mol. The number of amides is 1. The molecule has 3 N–H and O–H groups in total. The summed E-state index contributed by atoms with van der Waals surface area (Å²) in [5.74, 6) is -0.149. The molecule has 0 aliphatic rings. The van der Waals surface area contributed by atoms with Crippen molar-refractivity contribution < 1.29 is 32.9 Å². The maximum atomic E-state index is 12.8. The number of nitrogens with zero attached hydrogens (tertiary/aromatic N) is 1. The summed E-state index contributed by atoms with van der Waals surface area (Å²) < 4.78 is 23.5. The van der Waals surface area contributed by atoms with Gasteiger partial charge < -0.3 is 19.8 Å². The first-order chi connectivity index (χ1) is 30.0. The number of hydrogen-bond acceptors (Lipinski definition) is 5. The fourth-order valence-corrected chi connectivity index (χ4v) is 8.44. The first-order valence-corrected chi connectivity index (χ1v) is 27.8. The number of likely N-dealkylation sites (N-methyl/N-ethyl adjacent to an activating group) is 1. The zero-order chi connectivity index (χ0) is 45.7. The lowest BCUT2D eigenvalue weighted by Gasteiger charge is -2.26. The van der Waals surface area contributed by atoms with Crippen LogP contribution in [0.15, 0.2) is 36.5 Å². The van der Waals surface area contributed by atoms with Crippen molar-refractivity contribution in [1.29, 1.82) is 0 Å². The van der Waals surface area contributed by atoms with E-state index in [0.29, 0.717) is 23.9 Å². The summed E-state index contributed by atoms with van der Waals surface area (Å²) in [6.07, 6.45) is 56.9. The predicted octanol–water partition coefficient (Wildman–Crippen LogP) is 15.4. The number of allylic oxidation sites excluding steroid dienone is 6. The molecule has 366 valence electrons. The van der Waals surface area contributed by atoms with Crippen LogP contribution >= 0.6 is 7.82 Å². The van der Waals surface area contributed by atoms with Gasteiger partial charge in [0.15, 0.2) is 0 Å². The Balaban J connectivity index is 3.76. The fourth-order valence-electron chi connectivity index (χ4n) is 7.70. The number of phosphoric ester groups is 1. The summed E-state index contributed by atoms with van der Waals surface area (Å²) >= 11 is 0. The number of hydrogen-bond donors (Lipinski definition) is 3. The predicted molar refractivity (Wildman–Crippen MR) is 268 cm³/mol. The number of carbonyl (C=O) groups is 1. The molecule has 0 aliphatic heterocycles. The van der Waals surface area contributed by atoms with Crippen molar-refractivity contribution in [3.05, 3.63) is 36.5 Å². The SMILES string of the molecule is CCCCCCC/C=C\C/C=C\C/C=C\CCCCCCCCCCCCCCCCCCCCCCC(=O)NC(COP(=O)(O)OCC[N+](C)(C)C)C(O)CCCCCCC. The molecule has 0 bridgehead atoms. The van der Waals surface area contributed by atoms with Crippen molar-refractivity contribution in [2.75, 3.05) is 40.9 Å². The van der Waals surface area contributed by atoms with Gasteiger partial charge in [0, 0.05) is 6.42 Å². The van der Waals surface area contributed by atoms with Crippen LogP contribution in [0.25, 0.3) is 0 Å². The number of carbonyl (C=O) groups excluding carboxylic acids is 1. The van der Waals surface area contributed by atoms with Crippen molar-refractivity contribution in [2.45, 2.75) is 257 Å². The van der Waals surface area contributed by atoms with Gasteiger partial charge in [0.1, 0.15) is 13.2 Å². The Labute approximate surface area is 385 Å². The molecule has 0 fully saturated rings. The maximum Gasteiger partial charge on any atom is 0.472 e. The molecule has 0 rings (SSSR count). The second kappa shape index (κ2) is 44.9. The summed E-state index contributed by atoms with van der Waals surface area (Å²) in [5.41, 5.74) is 0. The van der Waals surface area contributed by atoms with Crippen LogP contribution in [0, 0.1) is 0 Å². The van der Waals surface area contributed by atoms with Crippen LogP contribution in [0.2, 0.25) is 0 Å². The molecule has 8 nitrogen and oxygen atoms in total. The van der Waals surface area contributed by atoms with Gasteiger partial charge in [-0.15, -0.1) is 0 Å². The van der Waals surface area contributed by atoms with E-state index in [-0.39, 0.29) is 19.1 Å². The average Bonchev–Trinajstić information content (AvgIpc) is 3.23. The highest BCUT2D eigenvalue weighted by Crippen LogP contribution is 2.43. The molecule has 3 unspecified atom stereocenters. The van der Waals surface area contributed by atoms with Crippen molar-refractivity contribution in [1.82, 2.24) is 5.32 Å². The van der Waals surface area contributed by atoms with Gasteiger partial charge >= 0.3 is 7.82 Å². The molecule has 0 heterocycles. The highest BCUT2D eigenvalue weighted by molar-refractivity contribution is 7.47. The second-order valence-corrected chi connectivity index (χ2v) is 20.7. The van der Waals surface area contributed by atoms with Crippen LogP contribution in [0.5, 0.6) is 0 Å². The van der Waals surface area contributed by atoms with Crippen molar-refractivity contribution in [2.24, 2.45) is 0 Å². The van der Waals surface area contributed by atoms with E-state index in [1.54, 1.807) is 0 Å². The fraction of sp³-hybridized carbons (Fsp3) is 0.868. The van der Waals surface area contributed by atoms with E-state index in [9.17, 15) is 19.4 Å². The molecular weight excluding hydrogens is 792 g/mol. The Hall–Kier alpha value is -1.28. The topological polar surface area (TPSA) is 105 Å². The van der Waals surface area contributed by atoms with Gasteiger partial charge in [-0.25, -0.2) is 4.57 Å². The number of rotatable bonds is 48.